The fraction of sp³-hybridized carbons (Fsp3) is 0.423. The summed E-state index contributed by atoms with van der Waals surface area (Å²) in [6.45, 7) is 5.27. The van der Waals surface area contributed by atoms with E-state index in [0.717, 1.165) is 32.7 Å². The quantitative estimate of drug-likeness (QED) is 0.590. The standard InChI is InChI=1S/C26H33N5O4/c1-35-23-10-6-5-9-21(23)28-24(32)17-22-26(34)27-11-12-31(22)25(33)19-30-15-13-29(14-16-30)18-20-7-3-2-4-8-20/h2-10,22H,11-19H2,1H3,(H,27,34)(H,28,32)/t22-/m0/s1. The molecule has 9 heteroatoms. The van der Waals surface area contributed by atoms with Crippen molar-refractivity contribution in [2.45, 2.75) is 19.0 Å². The van der Waals surface area contributed by atoms with Crippen LogP contribution in [0.3, 0.4) is 0 Å². The summed E-state index contributed by atoms with van der Waals surface area (Å²) < 4.78 is 5.27. The number of anilines is 1. The number of carbonyl (C=O) groups excluding carboxylic acids is 3. The molecular weight excluding hydrogens is 446 g/mol. The number of carbonyl (C=O) groups is 3. The minimum absolute atomic E-state index is 0.111. The van der Waals surface area contributed by atoms with Crippen molar-refractivity contribution < 1.29 is 19.1 Å². The van der Waals surface area contributed by atoms with Crippen LogP contribution in [-0.2, 0) is 20.9 Å². The van der Waals surface area contributed by atoms with E-state index in [1.165, 1.54) is 12.7 Å². The Hall–Kier alpha value is -3.43. The molecule has 186 valence electrons. The highest BCUT2D eigenvalue weighted by molar-refractivity contribution is 5.98. The van der Waals surface area contributed by atoms with E-state index in [0.29, 0.717) is 24.5 Å². The van der Waals surface area contributed by atoms with Gasteiger partial charge in [-0.15, -0.1) is 0 Å². The Kier molecular flexibility index (Phi) is 8.33. The van der Waals surface area contributed by atoms with Crippen LogP contribution in [0.1, 0.15) is 12.0 Å². The molecule has 2 fully saturated rings. The molecule has 0 saturated carbocycles. The number of rotatable bonds is 8. The van der Waals surface area contributed by atoms with E-state index in [4.69, 9.17) is 4.74 Å². The second-order valence-corrected chi connectivity index (χ2v) is 8.88. The maximum absolute atomic E-state index is 13.2. The highest BCUT2D eigenvalue weighted by Gasteiger charge is 2.35. The molecule has 0 aliphatic carbocycles. The molecule has 0 spiro atoms. The van der Waals surface area contributed by atoms with Gasteiger partial charge in [0.2, 0.25) is 17.7 Å². The summed E-state index contributed by atoms with van der Waals surface area (Å²) in [7, 11) is 1.53. The molecule has 0 bridgehead atoms. The molecule has 3 amide bonds. The van der Waals surface area contributed by atoms with Gasteiger partial charge in [-0.1, -0.05) is 42.5 Å². The number of nitrogens with one attached hydrogen (secondary N) is 2. The van der Waals surface area contributed by atoms with Gasteiger partial charge < -0.3 is 20.3 Å². The lowest BCUT2D eigenvalue weighted by atomic mass is 10.1. The van der Waals surface area contributed by atoms with Crippen LogP contribution in [0.4, 0.5) is 5.69 Å². The van der Waals surface area contributed by atoms with Gasteiger partial charge in [-0.05, 0) is 17.7 Å². The first kappa shape index (κ1) is 24.7. The summed E-state index contributed by atoms with van der Waals surface area (Å²) in [5.74, 6) is -0.226. The van der Waals surface area contributed by atoms with E-state index in [1.807, 2.05) is 24.3 Å². The van der Waals surface area contributed by atoms with E-state index in [-0.39, 0.29) is 30.7 Å². The van der Waals surface area contributed by atoms with Crippen molar-refractivity contribution in [3.05, 3.63) is 60.2 Å². The minimum atomic E-state index is -0.828. The van der Waals surface area contributed by atoms with Gasteiger partial charge in [0.15, 0.2) is 0 Å². The normalized spacial score (nSPS) is 19.2. The van der Waals surface area contributed by atoms with E-state index in [9.17, 15) is 14.4 Å². The van der Waals surface area contributed by atoms with Crippen LogP contribution in [0.2, 0.25) is 0 Å². The third-order valence-electron chi connectivity index (χ3n) is 6.48. The molecule has 2 aliphatic heterocycles. The highest BCUT2D eigenvalue weighted by atomic mass is 16.5. The summed E-state index contributed by atoms with van der Waals surface area (Å²) in [5, 5.41) is 5.58. The number of benzene rings is 2. The minimum Gasteiger partial charge on any atom is -0.495 e. The number of ether oxygens (including phenoxy) is 1. The Morgan fingerprint density at radius 3 is 2.40 bits per heavy atom. The fourth-order valence-electron chi connectivity index (χ4n) is 4.57. The number of amides is 3. The zero-order chi connectivity index (χ0) is 24.6. The van der Waals surface area contributed by atoms with Crippen molar-refractivity contribution in [3.63, 3.8) is 0 Å². The Morgan fingerprint density at radius 2 is 1.66 bits per heavy atom. The van der Waals surface area contributed by atoms with Crippen molar-refractivity contribution >= 4 is 23.4 Å². The topological polar surface area (TPSA) is 94.2 Å². The van der Waals surface area contributed by atoms with Crippen molar-refractivity contribution in [1.82, 2.24) is 20.0 Å². The fourth-order valence-corrected chi connectivity index (χ4v) is 4.57. The Bertz CT molecular complexity index is 1020. The molecule has 9 nitrogen and oxygen atoms in total. The SMILES string of the molecule is COc1ccccc1NC(=O)C[C@H]1C(=O)NCCN1C(=O)CN1CCN(Cc2ccccc2)CC1. The van der Waals surface area contributed by atoms with Crippen molar-refractivity contribution in [1.29, 1.82) is 0 Å². The number of methoxy groups -OCH3 is 1. The number of para-hydroxylation sites is 2. The molecule has 2 saturated heterocycles. The van der Waals surface area contributed by atoms with Crippen molar-refractivity contribution in [2.24, 2.45) is 0 Å². The highest BCUT2D eigenvalue weighted by Crippen LogP contribution is 2.23. The van der Waals surface area contributed by atoms with Gasteiger partial charge in [0.25, 0.3) is 0 Å². The molecule has 2 N–H and O–H groups in total. The zero-order valence-corrected chi connectivity index (χ0v) is 20.1. The van der Waals surface area contributed by atoms with E-state index < -0.39 is 6.04 Å². The van der Waals surface area contributed by atoms with E-state index in [2.05, 4.69) is 32.6 Å². The molecular formula is C26H33N5O4. The number of hydrogen-bond donors (Lipinski definition) is 2. The maximum Gasteiger partial charge on any atom is 0.243 e. The molecule has 1 atom stereocenters. The third kappa shape index (κ3) is 6.58. The monoisotopic (exact) mass is 479 g/mol. The molecule has 2 aromatic carbocycles. The van der Waals surface area contributed by atoms with E-state index in [1.54, 1.807) is 23.1 Å². The Balaban J connectivity index is 1.30. The largest absolute Gasteiger partial charge is 0.495 e. The van der Waals surface area contributed by atoms with Crippen LogP contribution >= 0.6 is 0 Å². The summed E-state index contributed by atoms with van der Waals surface area (Å²) in [6.07, 6.45) is -0.111. The average Bonchev–Trinajstić information content (AvgIpc) is 2.87. The van der Waals surface area contributed by atoms with Crippen LogP contribution in [0.5, 0.6) is 5.75 Å². The Morgan fingerprint density at radius 1 is 0.971 bits per heavy atom. The van der Waals surface area contributed by atoms with Crippen LogP contribution in [-0.4, -0.2) is 91.4 Å². The lowest BCUT2D eigenvalue weighted by Crippen LogP contribution is -2.60. The number of piperazine rings is 2. The first-order valence-electron chi connectivity index (χ1n) is 12.0. The molecule has 0 aromatic heterocycles. The second kappa shape index (κ2) is 11.8. The molecule has 2 aromatic rings. The molecule has 0 unspecified atom stereocenters. The lowest BCUT2D eigenvalue weighted by Gasteiger charge is -2.38. The first-order valence-corrected chi connectivity index (χ1v) is 12.0. The molecule has 2 heterocycles. The third-order valence-corrected chi connectivity index (χ3v) is 6.48. The molecule has 35 heavy (non-hydrogen) atoms. The van der Waals surface area contributed by atoms with Gasteiger partial charge in [0.1, 0.15) is 11.8 Å². The summed E-state index contributed by atoms with van der Waals surface area (Å²) in [4.78, 5) is 44.6. The zero-order valence-electron chi connectivity index (χ0n) is 20.1. The second-order valence-electron chi connectivity index (χ2n) is 8.88. The van der Waals surface area contributed by atoms with Crippen LogP contribution in [0.25, 0.3) is 0 Å². The summed E-state index contributed by atoms with van der Waals surface area (Å²) in [5.41, 5.74) is 1.81. The summed E-state index contributed by atoms with van der Waals surface area (Å²) >= 11 is 0. The van der Waals surface area contributed by atoms with Gasteiger partial charge >= 0.3 is 0 Å². The molecule has 2 aliphatic rings. The number of hydrogen-bond acceptors (Lipinski definition) is 6. The Labute approximate surface area is 206 Å². The smallest absolute Gasteiger partial charge is 0.243 e. The lowest BCUT2D eigenvalue weighted by molar-refractivity contribution is -0.145. The molecule has 4 rings (SSSR count). The summed E-state index contributed by atoms with van der Waals surface area (Å²) in [6, 6.07) is 16.6. The average molecular weight is 480 g/mol. The van der Waals surface area contributed by atoms with Crippen molar-refractivity contribution in [3.8, 4) is 5.75 Å². The maximum atomic E-state index is 13.2. The van der Waals surface area contributed by atoms with Crippen molar-refractivity contribution in [2.75, 3.05) is 58.2 Å². The van der Waals surface area contributed by atoms with Gasteiger partial charge in [0, 0.05) is 45.8 Å². The van der Waals surface area contributed by atoms with Gasteiger partial charge in [0.05, 0.1) is 25.8 Å². The van der Waals surface area contributed by atoms with Crippen LogP contribution < -0.4 is 15.4 Å². The van der Waals surface area contributed by atoms with E-state index >= 15 is 0 Å². The number of nitrogens with zero attached hydrogens (tertiary/aromatic N) is 3. The predicted molar refractivity (Wildman–Crippen MR) is 133 cm³/mol. The van der Waals surface area contributed by atoms with Gasteiger partial charge in [-0.2, -0.15) is 0 Å². The van der Waals surface area contributed by atoms with Gasteiger partial charge in [-0.25, -0.2) is 0 Å². The van der Waals surface area contributed by atoms with Crippen LogP contribution in [0.15, 0.2) is 54.6 Å². The van der Waals surface area contributed by atoms with Gasteiger partial charge in [-0.3, -0.25) is 24.2 Å². The molecule has 0 radical (unpaired) electrons. The van der Waals surface area contributed by atoms with Crippen LogP contribution in [0, 0.1) is 0 Å². The first-order chi connectivity index (χ1) is 17.0. The predicted octanol–water partition coefficient (Wildman–Crippen LogP) is 1.17.